The number of nitrogens with one attached hydrogen (secondary N) is 1. The van der Waals surface area contributed by atoms with Crippen LogP contribution in [0.15, 0.2) is 18.2 Å². The molecule has 1 unspecified atom stereocenters. The Morgan fingerprint density at radius 2 is 2.20 bits per heavy atom. The summed E-state index contributed by atoms with van der Waals surface area (Å²) < 4.78 is 18.9. The van der Waals surface area contributed by atoms with Gasteiger partial charge in [-0.05, 0) is 31.0 Å². The van der Waals surface area contributed by atoms with Gasteiger partial charge in [0.25, 0.3) is 0 Å². The van der Waals surface area contributed by atoms with E-state index in [1.807, 2.05) is 4.90 Å². The maximum Gasteiger partial charge on any atom is 0.245 e. The van der Waals surface area contributed by atoms with Crippen molar-refractivity contribution in [3.8, 4) is 0 Å². The van der Waals surface area contributed by atoms with Crippen molar-refractivity contribution in [2.24, 2.45) is 0 Å². The number of nitrogens with two attached hydrogens (primary N) is 1. The number of hydrogen-bond acceptors (Lipinski definition) is 4. The lowest BCUT2D eigenvalue weighted by Crippen LogP contribution is -2.54. The maximum absolute atomic E-state index is 13.5. The number of morpholine rings is 1. The Kier molecular flexibility index (Phi) is 3.48. The summed E-state index contributed by atoms with van der Waals surface area (Å²) in [7, 11) is 0. The molecule has 3 N–H and O–H groups in total. The number of anilines is 2. The molecule has 0 radical (unpaired) electrons. The standard InChI is InChI=1S/C14H18FN3O2/c15-9-5-10(16)7-12(6-9)18-3-4-20-8-13(18)14(19)17-11-1-2-11/h5-7,11,13H,1-4,8,16H2,(H,17,19). The second-order valence-electron chi connectivity index (χ2n) is 5.31. The van der Waals surface area contributed by atoms with E-state index in [1.165, 1.54) is 12.1 Å². The fourth-order valence-electron chi connectivity index (χ4n) is 2.42. The first-order valence-corrected chi connectivity index (χ1v) is 6.84. The van der Waals surface area contributed by atoms with Crippen molar-refractivity contribution in [2.75, 3.05) is 30.4 Å². The fourth-order valence-corrected chi connectivity index (χ4v) is 2.42. The van der Waals surface area contributed by atoms with E-state index in [4.69, 9.17) is 10.5 Å². The molecule has 1 heterocycles. The number of nitrogens with zero attached hydrogens (tertiary/aromatic N) is 1. The van der Waals surface area contributed by atoms with E-state index < -0.39 is 11.9 Å². The van der Waals surface area contributed by atoms with E-state index in [0.717, 1.165) is 12.8 Å². The number of hydrogen-bond donors (Lipinski definition) is 2. The lowest BCUT2D eigenvalue weighted by atomic mass is 10.1. The number of rotatable bonds is 3. The average Bonchev–Trinajstić information content (AvgIpc) is 3.21. The van der Waals surface area contributed by atoms with Crippen LogP contribution >= 0.6 is 0 Å². The van der Waals surface area contributed by atoms with E-state index in [-0.39, 0.29) is 5.91 Å². The van der Waals surface area contributed by atoms with Gasteiger partial charge in [-0.15, -0.1) is 0 Å². The van der Waals surface area contributed by atoms with Crippen LogP contribution in [0, 0.1) is 5.82 Å². The molecule has 1 aliphatic heterocycles. The molecule has 1 saturated heterocycles. The van der Waals surface area contributed by atoms with Crippen LogP contribution in [0.4, 0.5) is 15.8 Å². The van der Waals surface area contributed by atoms with Crippen LogP contribution in [0.1, 0.15) is 12.8 Å². The zero-order valence-electron chi connectivity index (χ0n) is 11.1. The molecular formula is C14H18FN3O2. The van der Waals surface area contributed by atoms with Crippen molar-refractivity contribution < 1.29 is 13.9 Å². The fraction of sp³-hybridized carbons (Fsp3) is 0.500. The number of carbonyl (C=O) groups is 1. The monoisotopic (exact) mass is 279 g/mol. The minimum atomic E-state index is -0.425. The second kappa shape index (κ2) is 5.28. The van der Waals surface area contributed by atoms with Gasteiger partial charge >= 0.3 is 0 Å². The first-order valence-electron chi connectivity index (χ1n) is 6.84. The summed E-state index contributed by atoms with van der Waals surface area (Å²) in [6.07, 6.45) is 2.07. The Morgan fingerprint density at radius 1 is 1.40 bits per heavy atom. The average molecular weight is 279 g/mol. The zero-order chi connectivity index (χ0) is 14.1. The topological polar surface area (TPSA) is 67.6 Å². The van der Waals surface area contributed by atoms with Gasteiger partial charge in [-0.25, -0.2) is 4.39 Å². The zero-order valence-corrected chi connectivity index (χ0v) is 11.1. The van der Waals surface area contributed by atoms with Crippen molar-refractivity contribution in [3.05, 3.63) is 24.0 Å². The van der Waals surface area contributed by atoms with Crippen molar-refractivity contribution in [2.45, 2.75) is 24.9 Å². The predicted molar refractivity (Wildman–Crippen MR) is 73.9 cm³/mol. The number of halogens is 1. The highest BCUT2D eigenvalue weighted by atomic mass is 19.1. The first kappa shape index (κ1) is 13.2. The van der Waals surface area contributed by atoms with Crippen LogP contribution in [-0.4, -0.2) is 37.7 Å². The van der Waals surface area contributed by atoms with Crippen LogP contribution in [0.3, 0.4) is 0 Å². The molecule has 1 aromatic rings. The second-order valence-corrected chi connectivity index (χ2v) is 5.31. The van der Waals surface area contributed by atoms with Gasteiger partial charge in [0.05, 0.1) is 13.2 Å². The van der Waals surface area contributed by atoms with Crippen LogP contribution in [0.25, 0.3) is 0 Å². The molecule has 5 nitrogen and oxygen atoms in total. The summed E-state index contributed by atoms with van der Waals surface area (Å²) in [5.41, 5.74) is 6.66. The minimum Gasteiger partial charge on any atom is -0.399 e. The lowest BCUT2D eigenvalue weighted by Gasteiger charge is -2.36. The molecule has 1 aromatic carbocycles. The van der Waals surface area contributed by atoms with Gasteiger partial charge in [-0.3, -0.25) is 4.79 Å². The van der Waals surface area contributed by atoms with Crippen LogP contribution in [-0.2, 0) is 9.53 Å². The quantitative estimate of drug-likeness (QED) is 0.806. The predicted octanol–water partition coefficient (Wildman–Crippen LogP) is 0.892. The van der Waals surface area contributed by atoms with E-state index in [2.05, 4.69) is 5.32 Å². The van der Waals surface area contributed by atoms with Gasteiger partial charge in [0.2, 0.25) is 5.91 Å². The molecule has 1 aliphatic carbocycles. The molecule has 0 bridgehead atoms. The highest BCUT2D eigenvalue weighted by molar-refractivity contribution is 5.86. The smallest absolute Gasteiger partial charge is 0.245 e. The summed E-state index contributed by atoms with van der Waals surface area (Å²) in [6.45, 7) is 1.38. The van der Waals surface area contributed by atoms with Gasteiger partial charge < -0.3 is 20.7 Å². The Morgan fingerprint density at radius 3 is 2.90 bits per heavy atom. The number of amides is 1. The SMILES string of the molecule is Nc1cc(F)cc(N2CCOCC2C(=O)NC2CC2)c1. The molecule has 1 atom stereocenters. The van der Waals surface area contributed by atoms with Crippen molar-refractivity contribution in [1.82, 2.24) is 5.32 Å². The van der Waals surface area contributed by atoms with E-state index in [1.54, 1.807) is 6.07 Å². The Labute approximate surface area is 116 Å². The first-order chi connectivity index (χ1) is 9.63. The largest absolute Gasteiger partial charge is 0.399 e. The lowest BCUT2D eigenvalue weighted by molar-refractivity contribution is -0.124. The molecule has 108 valence electrons. The Bertz CT molecular complexity index is 499. The molecule has 2 aliphatic rings. The third kappa shape index (κ3) is 2.85. The van der Waals surface area contributed by atoms with Gasteiger partial charge in [0.1, 0.15) is 11.9 Å². The molecule has 20 heavy (non-hydrogen) atoms. The molecule has 6 heteroatoms. The molecular weight excluding hydrogens is 261 g/mol. The van der Waals surface area contributed by atoms with E-state index in [9.17, 15) is 9.18 Å². The summed E-state index contributed by atoms with van der Waals surface area (Å²) in [5.74, 6) is -0.456. The molecule has 1 amide bonds. The highest BCUT2D eigenvalue weighted by Crippen LogP contribution is 2.25. The highest BCUT2D eigenvalue weighted by Gasteiger charge is 2.33. The number of nitrogen functional groups attached to an aromatic ring is 1. The Hall–Kier alpha value is -1.82. The van der Waals surface area contributed by atoms with Crippen LogP contribution < -0.4 is 16.0 Å². The summed E-state index contributed by atoms with van der Waals surface area (Å²) in [4.78, 5) is 14.1. The van der Waals surface area contributed by atoms with Gasteiger partial charge in [0, 0.05) is 24.0 Å². The Balaban J connectivity index is 1.81. The summed E-state index contributed by atoms with van der Waals surface area (Å²) >= 11 is 0. The molecule has 3 rings (SSSR count). The normalized spacial score (nSPS) is 22.6. The van der Waals surface area contributed by atoms with Crippen molar-refractivity contribution in [3.63, 3.8) is 0 Å². The van der Waals surface area contributed by atoms with E-state index in [0.29, 0.717) is 37.2 Å². The summed E-state index contributed by atoms with van der Waals surface area (Å²) in [5, 5.41) is 2.97. The van der Waals surface area contributed by atoms with Crippen LogP contribution in [0.2, 0.25) is 0 Å². The maximum atomic E-state index is 13.5. The molecule has 2 fully saturated rings. The number of benzene rings is 1. The van der Waals surface area contributed by atoms with Gasteiger partial charge in [-0.2, -0.15) is 0 Å². The van der Waals surface area contributed by atoms with Crippen molar-refractivity contribution >= 4 is 17.3 Å². The molecule has 1 saturated carbocycles. The van der Waals surface area contributed by atoms with Gasteiger partial charge in [0.15, 0.2) is 0 Å². The third-order valence-electron chi connectivity index (χ3n) is 3.59. The number of ether oxygens (including phenoxy) is 1. The summed E-state index contributed by atoms with van der Waals surface area (Å²) in [6, 6.07) is 4.23. The third-order valence-corrected chi connectivity index (χ3v) is 3.59. The van der Waals surface area contributed by atoms with Gasteiger partial charge in [-0.1, -0.05) is 0 Å². The minimum absolute atomic E-state index is 0.0602. The number of carbonyl (C=O) groups excluding carboxylic acids is 1. The van der Waals surface area contributed by atoms with Crippen LogP contribution in [0.5, 0.6) is 0 Å². The molecule has 0 spiro atoms. The molecule has 0 aromatic heterocycles. The van der Waals surface area contributed by atoms with E-state index >= 15 is 0 Å². The van der Waals surface area contributed by atoms with Crippen molar-refractivity contribution in [1.29, 1.82) is 0 Å².